The zero-order chi connectivity index (χ0) is 12.1. The monoisotopic (exact) mass is 249 g/mol. The molecular formula is C14H19NOS. The standard InChI is InChI=1S/C14H19NOS/c1-2-11-6-8-12(9-7-11)15-14(16)13-5-3-4-10-17-13/h6-9,13H,2-5,10H2,1H3,(H,15,16). The summed E-state index contributed by atoms with van der Waals surface area (Å²) in [6.07, 6.45) is 4.48. The van der Waals surface area contributed by atoms with Crippen LogP contribution in [0, 0.1) is 0 Å². The van der Waals surface area contributed by atoms with Gasteiger partial charge in [-0.1, -0.05) is 25.5 Å². The topological polar surface area (TPSA) is 29.1 Å². The van der Waals surface area contributed by atoms with Crippen LogP contribution in [-0.2, 0) is 11.2 Å². The van der Waals surface area contributed by atoms with Crippen molar-refractivity contribution in [3.05, 3.63) is 29.8 Å². The van der Waals surface area contributed by atoms with Gasteiger partial charge in [-0.3, -0.25) is 4.79 Å². The van der Waals surface area contributed by atoms with Crippen LogP contribution < -0.4 is 5.32 Å². The predicted octanol–water partition coefficient (Wildman–Crippen LogP) is 3.47. The van der Waals surface area contributed by atoms with Crippen molar-refractivity contribution in [1.29, 1.82) is 0 Å². The normalized spacial score (nSPS) is 19.9. The van der Waals surface area contributed by atoms with Crippen LogP contribution in [0.25, 0.3) is 0 Å². The molecule has 0 radical (unpaired) electrons. The molecule has 1 aromatic rings. The molecule has 2 nitrogen and oxygen atoms in total. The van der Waals surface area contributed by atoms with Gasteiger partial charge in [0, 0.05) is 5.69 Å². The summed E-state index contributed by atoms with van der Waals surface area (Å²) in [5, 5.41) is 3.15. The molecule has 0 spiro atoms. The third-order valence-electron chi connectivity index (χ3n) is 3.10. The fraction of sp³-hybridized carbons (Fsp3) is 0.500. The van der Waals surface area contributed by atoms with Gasteiger partial charge in [0.05, 0.1) is 5.25 Å². The van der Waals surface area contributed by atoms with Gasteiger partial charge in [-0.2, -0.15) is 0 Å². The first kappa shape index (κ1) is 12.5. The van der Waals surface area contributed by atoms with Crippen molar-refractivity contribution in [2.24, 2.45) is 0 Å². The van der Waals surface area contributed by atoms with Gasteiger partial charge in [0.1, 0.15) is 0 Å². The van der Waals surface area contributed by atoms with Crippen molar-refractivity contribution in [1.82, 2.24) is 0 Å². The van der Waals surface area contributed by atoms with E-state index in [1.54, 1.807) is 11.8 Å². The summed E-state index contributed by atoms with van der Waals surface area (Å²) in [6, 6.07) is 8.13. The quantitative estimate of drug-likeness (QED) is 0.888. The molecule has 1 unspecified atom stereocenters. The molecule has 3 heteroatoms. The maximum Gasteiger partial charge on any atom is 0.237 e. The van der Waals surface area contributed by atoms with E-state index in [1.807, 2.05) is 12.1 Å². The lowest BCUT2D eigenvalue weighted by Crippen LogP contribution is -2.27. The molecule has 92 valence electrons. The average molecular weight is 249 g/mol. The molecule has 1 heterocycles. The SMILES string of the molecule is CCc1ccc(NC(=O)C2CCCCS2)cc1. The van der Waals surface area contributed by atoms with Crippen LogP contribution in [0.1, 0.15) is 31.7 Å². The minimum absolute atomic E-state index is 0.148. The van der Waals surface area contributed by atoms with E-state index in [0.29, 0.717) is 0 Å². The number of carbonyl (C=O) groups excluding carboxylic acids is 1. The Hall–Kier alpha value is -0.960. The summed E-state index contributed by atoms with van der Waals surface area (Å²) in [5.74, 6) is 1.28. The first-order chi connectivity index (χ1) is 8.29. The van der Waals surface area contributed by atoms with Gasteiger partial charge in [-0.15, -0.1) is 11.8 Å². The minimum Gasteiger partial charge on any atom is -0.325 e. The average Bonchev–Trinajstić information content (AvgIpc) is 2.40. The second-order valence-electron chi connectivity index (χ2n) is 4.39. The van der Waals surface area contributed by atoms with Crippen molar-refractivity contribution >= 4 is 23.4 Å². The predicted molar refractivity (Wildman–Crippen MR) is 74.5 cm³/mol. The highest BCUT2D eigenvalue weighted by Gasteiger charge is 2.21. The Morgan fingerprint density at radius 1 is 1.35 bits per heavy atom. The molecule has 1 fully saturated rings. The molecule has 1 aliphatic rings. The summed E-state index contributed by atoms with van der Waals surface area (Å²) in [4.78, 5) is 12.0. The number of nitrogens with one attached hydrogen (secondary N) is 1. The number of benzene rings is 1. The number of amides is 1. The second-order valence-corrected chi connectivity index (χ2v) is 5.71. The summed E-state index contributed by atoms with van der Waals surface area (Å²) in [7, 11) is 0. The molecule has 1 saturated heterocycles. The third kappa shape index (κ3) is 3.50. The molecule has 2 rings (SSSR count). The van der Waals surface area contributed by atoms with Crippen LogP contribution in [0.5, 0.6) is 0 Å². The Morgan fingerprint density at radius 2 is 2.12 bits per heavy atom. The molecule has 1 N–H and O–H groups in total. The molecule has 1 aromatic carbocycles. The molecule has 0 saturated carbocycles. The van der Waals surface area contributed by atoms with Gasteiger partial charge < -0.3 is 5.32 Å². The van der Waals surface area contributed by atoms with Crippen molar-refractivity contribution in [2.75, 3.05) is 11.1 Å². The number of hydrogen-bond donors (Lipinski definition) is 1. The second kappa shape index (κ2) is 6.10. The Bertz CT molecular complexity index is 368. The van der Waals surface area contributed by atoms with E-state index in [1.165, 1.54) is 18.4 Å². The zero-order valence-corrected chi connectivity index (χ0v) is 11.1. The number of anilines is 1. The Balaban J connectivity index is 1.92. The minimum atomic E-state index is 0.148. The summed E-state index contributed by atoms with van der Waals surface area (Å²) in [5.41, 5.74) is 2.22. The number of thioether (sulfide) groups is 1. The van der Waals surface area contributed by atoms with E-state index in [2.05, 4.69) is 24.4 Å². The maximum atomic E-state index is 12.0. The molecule has 0 aromatic heterocycles. The van der Waals surface area contributed by atoms with E-state index in [0.717, 1.165) is 24.3 Å². The van der Waals surface area contributed by atoms with Crippen LogP contribution in [0.2, 0.25) is 0 Å². The van der Waals surface area contributed by atoms with E-state index in [9.17, 15) is 4.79 Å². The van der Waals surface area contributed by atoms with Gasteiger partial charge in [-0.05, 0) is 42.7 Å². The largest absolute Gasteiger partial charge is 0.325 e. The summed E-state index contributed by atoms with van der Waals surface area (Å²) in [6.45, 7) is 2.13. The molecule has 17 heavy (non-hydrogen) atoms. The van der Waals surface area contributed by atoms with Crippen molar-refractivity contribution < 1.29 is 4.79 Å². The molecular weight excluding hydrogens is 230 g/mol. The highest BCUT2D eigenvalue weighted by Crippen LogP contribution is 2.26. The maximum absolute atomic E-state index is 12.0. The fourth-order valence-electron chi connectivity index (χ4n) is 1.99. The third-order valence-corrected chi connectivity index (χ3v) is 4.48. The molecule has 1 amide bonds. The Morgan fingerprint density at radius 3 is 2.71 bits per heavy atom. The van der Waals surface area contributed by atoms with Crippen molar-refractivity contribution in [2.45, 2.75) is 37.9 Å². The first-order valence-corrected chi connectivity index (χ1v) is 7.36. The molecule has 1 aliphatic heterocycles. The highest BCUT2D eigenvalue weighted by atomic mass is 32.2. The van der Waals surface area contributed by atoms with Gasteiger partial charge >= 0.3 is 0 Å². The van der Waals surface area contributed by atoms with E-state index in [-0.39, 0.29) is 11.2 Å². The van der Waals surface area contributed by atoms with Gasteiger partial charge in [0.25, 0.3) is 0 Å². The lowest BCUT2D eigenvalue weighted by Gasteiger charge is -2.20. The number of hydrogen-bond acceptors (Lipinski definition) is 2. The number of aryl methyl sites for hydroxylation is 1. The van der Waals surface area contributed by atoms with Crippen LogP contribution in [0.3, 0.4) is 0 Å². The summed E-state index contributed by atoms with van der Waals surface area (Å²) < 4.78 is 0. The van der Waals surface area contributed by atoms with Crippen LogP contribution >= 0.6 is 11.8 Å². The van der Waals surface area contributed by atoms with Crippen molar-refractivity contribution in [3.8, 4) is 0 Å². The van der Waals surface area contributed by atoms with Crippen LogP contribution in [0.15, 0.2) is 24.3 Å². The highest BCUT2D eigenvalue weighted by molar-refractivity contribution is 8.00. The van der Waals surface area contributed by atoms with E-state index in [4.69, 9.17) is 0 Å². The van der Waals surface area contributed by atoms with Gasteiger partial charge in [0.15, 0.2) is 0 Å². The Kier molecular flexibility index (Phi) is 4.49. The smallest absolute Gasteiger partial charge is 0.237 e. The Labute approximate surface area is 107 Å². The molecule has 0 bridgehead atoms. The molecule has 0 aliphatic carbocycles. The number of carbonyl (C=O) groups is 1. The van der Waals surface area contributed by atoms with Crippen LogP contribution in [-0.4, -0.2) is 16.9 Å². The van der Waals surface area contributed by atoms with Gasteiger partial charge in [-0.25, -0.2) is 0 Å². The summed E-state index contributed by atoms with van der Waals surface area (Å²) >= 11 is 1.79. The fourth-order valence-corrected chi connectivity index (χ4v) is 3.19. The number of rotatable bonds is 3. The first-order valence-electron chi connectivity index (χ1n) is 6.31. The van der Waals surface area contributed by atoms with Crippen LogP contribution in [0.4, 0.5) is 5.69 Å². The van der Waals surface area contributed by atoms with E-state index >= 15 is 0 Å². The van der Waals surface area contributed by atoms with Gasteiger partial charge in [0.2, 0.25) is 5.91 Å². The lowest BCUT2D eigenvalue weighted by atomic mass is 10.1. The van der Waals surface area contributed by atoms with Crippen molar-refractivity contribution in [3.63, 3.8) is 0 Å². The van der Waals surface area contributed by atoms with E-state index < -0.39 is 0 Å². The molecule has 1 atom stereocenters. The zero-order valence-electron chi connectivity index (χ0n) is 10.2. The lowest BCUT2D eigenvalue weighted by molar-refractivity contribution is -0.115.